The van der Waals surface area contributed by atoms with E-state index in [1.807, 2.05) is 38.1 Å². The van der Waals surface area contributed by atoms with Gasteiger partial charge in [0.05, 0.1) is 12.7 Å². The summed E-state index contributed by atoms with van der Waals surface area (Å²) in [5.74, 6) is -0.401. The molecule has 0 amide bonds. The SMILES string of the molecule is CN=C(NCc1ccc(COC(C)C)cc1)NCc1cc(F)ccc1F.I. The van der Waals surface area contributed by atoms with E-state index in [2.05, 4.69) is 15.6 Å². The summed E-state index contributed by atoms with van der Waals surface area (Å²) in [5, 5.41) is 6.13. The minimum absolute atomic E-state index is 0. The Bertz CT molecular complexity index is 737. The Labute approximate surface area is 176 Å². The van der Waals surface area contributed by atoms with Gasteiger partial charge in [0.25, 0.3) is 0 Å². The van der Waals surface area contributed by atoms with Crippen LogP contribution >= 0.6 is 24.0 Å². The van der Waals surface area contributed by atoms with Crippen LogP contribution < -0.4 is 10.6 Å². The molecule has 0 atom stereocenters. The van der Waals surface area contributed by atoms with Crippen molar-refractivity contribution in [3.8, 4) is 0 Å². The second kappa shape index (κ2) is 11.9. The molecule has 2 aromatic rings. The van der Waals surface area contributed by atoms with Crippen LogP contribution in [0.1, 0.15) is 30.5 Å². The predicted octanol–water partition coefficient (Wildman–Crippen LogP) is 4.37. The van der Waals surface area contributed by atoms with Crippen LogP contribution in [-0.4, -0.2) is 19.1 Å². The summed E-state index contributed by atoms with van der Waals surface area (Å²) >= 11 is 0. The predicted molar refractivity (Wildman–Crippen MR) is 115 cm³/mol. The standard InChI is InChI=1S/C20H25F2N3O.HI/c1-14(2)26-13-16-6-4-15(5-7-16)11-24-20(23-3)25-12-17-10-18(21)8-9-19(17)22;/h4-10,14H,11-13H2,1-3H3,(H2,23,24,25);1H. The Balaban J connectivity index is 0.00000364. The molecule has 148 valence electrons. The third-order valence-corrected chi connectivity index (χ3v) is 3.74. The van der Waals surface area contributed by atoms with Gasteiger partial charge in [0.1, 0.15) is 11.6 Å². The molecule has 2 aromatic carbocycles. The Kier molecular flexibility index (Phi) is 10.2. The van der Waals surface area contributed by atoms with Gasteiger partial charge in [-0.2, -0.15) is 0 Å². The van der Waals surface area contributed by atoms with Crippen LogP contribution in [0.5, 0.6) is 0 Å². The molecule has 0 fully saturated rings. The van der Waals surface area contributed by atoms with Crippen LogP contribution in [0.25, 0.3) is 0 Å². The average molecular weight is 489 g/mol. The number of aliphatic imine (C=N–C) groups is 1. The van der Waals surface area contributed by atoms with Crippen LogP contribution in [0.15, 0.2) is 47.5 Å². The largest absolute Gasteiger partial charge is 0.374 e. The van der Waals surface area contributed by atoms with Gasteiger partial charge >= 0.3 is 0 Å². The minimum Gasteiger partial charge on any atom is -0.374 e. The van der Waals surface area contributed by atoms with Gasteiger partial charge in [0.15, 0.2) is 5.96 Å². The maximum Gasteiger partial charge on any atom is 0.191 e. The minimum atomic E-state index is -0.465. The van der Waals surface area contributed by atoms with E-state index < -0.39 is 11.6 Å². The molecule has 4 nitrogen and oxygen atoms in total. The van der Waals surface area contributed by atoms with Gasteiger partial charge in [-0.25, -0.2) is 8.78 Å². The van der Waals surface area contributed by atoms with Gasteiger partial charge in [0, 0.05) is 25.7 Å². The normalized spacial score (nSPS) is 11.3. The zero-order chi connectivity index (χ0) is 18.9. The molecule has 0 spiro atoms. The highest BCUT2D eigenvalue weighted by Gasteiger charge is 2.05. The number of nitrogens with one attached hydrogen (secondary N) is 2. The molecular weight excluding hydrogens is 463 g/mol. The number of hydrogen-bond donors (Lipinski definition) is 2. The molecule has 0 saturated heterocycles. The third-order valence-electron chi connectivity index (χ3n) is 3.74. The molecule has 7 heteroatoms. The molecule has 0 heterocycles. The second-order valence-electron chi connectivity index (χ2n) is 6.19. The van der Waals surface area contributed by atoms with Crippen molar-refractivity contribution in [2.45, 2.75) is 39.6 Å². The molecule has 0 aliphatic carbocycles. The van der Waals surface area contributed by atoms with Crippen LogP contribution in [0, 0.1) is 11.6 Å². The van der Waals surface area contributed by atoms with Crippen LogP contribution in [-0.2, 0) is 24.4 Å². The molecule has 0 saturated carbocycles. The number of benzene rings is 2. The van der Waals surface area contributed by atoms with E-state index in [0.717, 1.165) is 23.3 Å². The summed E-state index contributed by atoms with van der Waals surface area (Å²) in [4.78, 5) is 4.09. The molecule has 2 rings (SSSR count). The molecule has 0 aliphatic heterocycles. The van der Waals surface area contributed by atoms with Crippen molar-refractivity contribution in [1.82, 2.24) is 10.6 Å². The zero-order valence-corrected chi connectivity index (χ0v) is 18.1. The van der Waals surface area contributed by atoms with Gasteiger partial charge in [0.2, 0.25) is 0 Å². The first-order chi connectivity index (χ1) is 12.5. The summed E-state index contributed by atoms with van der Waals surface area (Å²) in [6, 6.07) is 11.5. The second-order valence-corrected chi connectivity index (χ2v) is 6.19. The first kappa shape index (κ1) is 23.3. The molecule has 0 bridgehead atoms. The highest BCUT2D eigenvalue weighted by molar-refractivity contribution is 14.0. The first-order valence-corrected chi connectivity index (χ1v) is 8.56. The Hall–Kier alpha value is -1.74. The van der Waals surface area contributed by atoms with E-state index in [-0.39, 0.29) is 42.2 Å². The van der Waals surface area contributed by atoms with E-state index in [1.54, 1.807) is 7.05 Å². The van der Waals surface area contributed by atoms with Crippen molar-refractivity contribution in [3.63, 3.8) is 0 Å². The quantitative estimate of drug-likeness (QED) is 0.345. The number of ether oxygens (including phenoxy) is 1. The van der Waals surface area contributed by atoms with Crippen molar-refractivity contribution in [2.75, 3.05) is 7.05 Å². The lowest BCUT2D eigenvalue weighted by atomic mass is 10.1. The van der Waals surface area contributed by atoms with Crippen molar-refractivity contribution in [1.29, 1.82) is 0 Å². The number of guanidine groups is 1. The molecule has 0 aromatic heterocycles. The Morgan fingerprint density at radius 3 is 2.26 bits per heavy atom. The summed E-state index contributed by atoms with van der Waals surface area (Å²) in [6.45, 7) is 5.32. The van der Waals surface area contributed by atoms with Crippen LogP contribution in [0.4, 0.5) is 8.78 Å². The van der Waals surface area contributed by atoms with Gasteiger partial charge in [-0.05, 0) is 43.2 Å². The van der Waals surface area contributed by atoms with E-state index >= 15 is 0 Å². The third kappa shape index (κ3) is 8.21. The Morgan fingerprint density at radius 2 is 1.63 bits per heavy atom. The lowest BCUT2D eigenvalue weighted by Crippen LogP contribution is -2.36. The molecule has 0 aliphatic rings. The van der Waals surface area contributed by atoms with E-state index in [0.29, 0.717) is 19.1 Å². The van der Waals surface area contributed by atoms with E-state index in [4.69, 9.17) is 4.74 Å². The van der Waals surface area contributed by atoms with Crippen molar-refractivity contribution >= 4 is 29.9 Å². The highest BCUT2D eigenvalue weighted by Crippen LogP contribution is 2.09. The molecule has 2 N–H and O–H groups in total. The Morgan fingerprint density at radius 1 is 1.00 bits per heavy atom. The van der Waals surface area contributed by atoms with E-state index in [9.17, 15) is 8.78 Å². The fourth-order valence-corrected chi connectivity index (χ4v) is 2.28. The van der Waals surface area contributed by atoms with Crippen LogP contribution in [0.2, 0.25) is 0 Å². The number of nitrogens with zero attached hydrogens (tertiary/aromatic N) is 1. The van der Waals surface area contributed by atoms with E-state index in [1.165, 1.54) is 6.07 Å². The van der Waals surface area contributed by atoms with Crippen LogP contribution in [0.3, 0.4) is 0 Å². The molecule has 0 radical (unpaired) electrons. The smallest absolute Gasteiger partial charge is 0.191 e. The van der Waals surface area contributed by atoms with Crippen molar-refractivity contribution < 1.29 is 13.5 Å². The fourth-order valence-electron chi connectivity index (χ4n) is 2.28. The zero-order valence-electron chi connectivity index (χ0n) is 15.8. The average Bonchev–Trinajstić information content (AvgIpc) is 2.63. The maximum absolute atomic E-state index is 13.6. The van der Waals surface area contributed by atoms with Gasteiger partial charge in [-0.1, -0.05) is 24.3 Å². The summed E-state index contributed by atoms with van der Waals surface area (Å²) in [6.07, 6.45) is 0.202. The van der Waals surface area contributed by atoms with Gasteiger partial charge in [-0.15, -0.1) is 24.0 Å². The lowest BCUT2D eigenvalue weighted by molar-refractivity contribution is 0.0657. The summed E-state index contributed by atoms with van der Waals surface area (Å²) < 4.78 is 32.4. The molecule has 0 unspecified atom stereocenters. The number of halogens is 3. The van der Waals surface area contributed by atoms with Crippen molar-refractivity contribution in [3.05, 3.63) is 70.8 Å². The topological polar surface area (TPSA) is 45.7 Å². The number of rotatable bonds is 7. The van der Waals surface area contributed by atoms with Gasteiger partial charge in [-0.3, -0.25) is 4.99 Å². The highest BCUT2D eigenvalue weighted by atomic mass is 127. The van der Waals surface area contributed by atoms with Crippen molar-refractivity contribution in [2.24, 2.45) is 4.99 Å². The maximum atomic E-state index is 13.6. The first-order valence-electron chi connectivity index (χ1n) is 8.56. The lowest BCUT2D eigenvalue weighted by Gasteiger charge is -2.13. The monoisotopic (exact) mass is 489 g/mol. The fraction of sp³-hybridized carbons (Fsp3) is 0.350. The number of hydrogen-bond acceptors (Lipinski definition) is 2. The summed E-state index contributed by atoms with van der Waals surface area (Å²) in [7, 11) is 1.63. The van der Waals surface area contributed by atoms with Gasteiger partial charge < -0.3 is 15.4 Å². The molecule has 27 heavy (non-hydrogen) atoms. The summed E-state index contributed by atoms with van der Waals surface area (Å²) in [5.41, 5.74) is 2.45. The molecular formula is C20H26F2IN3O.